The van der Waals surface area contributed by atoms with Crippen LogP contribution < -0.4 is 5.32 Å². The van der Waals surface area contributed by atoms with Crippen LogP contribution in [0.5, 0.6) is 0 Å². The second kappa shape index (κ2) is 7.34. The molecule has 0 spiro atoms. The lowest BCUT2D eigenvalue weighted by Crippen LogP contribution is -2.46. The van der Waals surface area contributed by atoms with Crippen LogP contribution in [-0.4, -0.2) is 28.8 Å². The zero-order valence-corrected chi connectivity index (χ0v) is 14.7. The van der Waals surface area contributed by atoms with Gasteiger partial charge < -0.3 is 15.2 Å². The summed E-state index contributed by atoms with van der Waals surface area (Å²) in [6, 6.07) is -0.891. The largest absolute Gasteiger partial charge is 0.480 e. The van der Waals surface area contributed by atoms with Crippen molar-refractivity contribution in [3.8, 4) is 0 Å². The molecule has 5 nitrogen and oxygen atoms in total. The molecule has 1 rings (SSSR count). The summed E-state index contributed by atoms with van der Waals surface area (Å²) < 4.78 is 5.16. The van der Waals surface area contributed by atoms with Crippen molar-refractivity contribution in [2.45, 2.75) is 72.4 Å². The fourth-order valence-corrected chi connectivity index (χ4v) is 3.68. The van der Waals surface area contributed by atoms with Gasteiger partial charge in [-0.2, -0.15) is 0 Å². The van der Waals surface area contributed by atoms with Crippen LogP contribution in [0.3, 0.4) is 0 Å². The van der Waals surface area contributed by atoms with Gasteiger partial charge in [0.2, 0.25) is 0 Å². The minimum Gasteiger partial charge on any atom is -0.480 e. The maximum Gasteiger partial charge on any atom is 0.408 e. The van der Waals surface area contributed by atoms with Crippen molar-refractivity contribution in [3.63, 3.8) is 0 Å². The van der Waals surface area contributed by atoms with Crippen LogP contribution in [0.4, 0.5) is 4.79 Å². The first-order chi connectivity index (χ1) is 9.99. The lowest BCUT2D eigenvalue weighted by atomic mass is 9.67. The topological polar surface area (TPSA) is 75.6 Å². The van der Waals surface area contributed by atoms with E-state index in [-0.39, 0.29) is 0 Å². The van der Waals surface area contributed by atoms with Crippen LogP contribution in [0.2, 0.25) is 0 Å². The Morgan fingerprint density at radius 2 is 1.68 bits per heavy atom. The monoisotopic (exact) mass is 313 g/mol. The van der Waals surface area contributed by atoms with Crippen molar-refractivity contribution in [1.82, 2.24) is 5.32 Å². The smallest absolute Gasteiger partial charge is 0.408 e. The van der Waals surface area contributed by atoms with Crippen molar-refractivity contribution in [2.24, 2.45) is 23.7 Å². The highest BCUT2D eigenvalue weighted by Gasteiger charge is 2.35. The lowest BCUT2D eigenvalue weighted by molar-refractivity contribution is -0.140. The van der Waals surface area contributed by atoms with Crippen LogP contribution in [0, 0.1) is 23.7 Å². The summed E-state index contributed by atoms with van der Waals surface area (Å²) in [4.78, 5) is 23.3. The van der Waals surface area contributed by atoms with Crippen molar-refractivity contribution in [3.05, 3.63) is 0 Å². The molecule has 2 N–H and O–H groups in total. The molecular weight excluding hydrogens is 282 g/mol. The molecule has 3 atom stereocenters. The van der Waals surface area contributed by atoms with Crippen molar-refractivity contribution in [2.75, 3.05) is 0 Å². The number of amides is 1. The first kappa shape index (κ1) is 18.8. The van der Waals surface area contributed by atoms with E-state index in [0.717, 1.165) is 12.8 Å². The second-order valence-electron chi connectivity index (χ2n) is 7.97. The first-order valence-electron chi connectivity index (χ1n) is 8.22. The highest BCUT2D eigenvalue weighted by molar-refractivity contribution is 5.80. The molecule has 1 aliphatic carbocycles. The van der Waals surface area contributed by atoms with Gasteiger partial charge in [0.25, 0.3) is 0 Å². The molecule has 128 valence electrons. The second-order valence-corrected chi connectivity index (χ2v) is 7.97. The van der Waals surface area contributed by atoms with E-state index in [4.69, 9.17) is 4.74 Å². The minimum atomic E-state index is -0.996. The number of rotatable bonds is 4. The molecule has 0 heterocycles. The average Bonchev–Trinajstić information content (AvgIpc) is 2.29. The molecule has 1 aliphatic rings. The van der Waals surface area contributed by atoms with Crippen molar-refractivity contribution in [1.29, 1.82) is 0 Å². The Kier molecular flexibility index (Phi) is 6.27. The Bertz CT molecular complexity index is 390. The number of hydrogen-bond acceptors (Lipinski definition) is 3. The number of alkyl carbamates (subject to hydrolysis) is 1. The summed E-state index contributed by atoms with van der Waals surface area (Å²) in [5, 5.41) is 11.9. The number of carboxylic acids is 1. The Morgan fingerprint density at radius 1 is 1.18 bits per heavy atom. The molecule has 0 radical (unpaired) electrons. The first-order valence-corrected chi connectivity index (χ1v) is 8.22. The van der Waals surface area contributed by atoms with E-state index in [0.29, 0.717) is 30.1 Å². The standard InChI is InChI=1S/C17H31NO4/c1-10-7-11(2)13(12(3)8-10)9-14(15(19)20)18-16(21)22-17(4,5)6/h10-14H,7-9H2,1-6H3,(H,18,21)(H,19,20). The van der Waals surface area contributed by atoms with Gasteiger partial charge in [-0.25, -0.2) is 9.59 Å². The number of carbonyl (C=O) groups excluding carboxylic acids is 1. The predicted octanol–water partition coefficient (Wildman–Crippen LogP) is 3.67. The third-order valence-corrected chi connectivity index (χ3v) is 4.51. The van der Waals surface area contributed by atoms with Crippen LogP contribution in [0.25, 0.3) is 0 Å². The summed E-state index contributed by atoms with van der Waals surface area (Å²) in [6.07, 6.45) is 2.04. The highest BCUT2D eigenvalue weighted by atomic mass is 16.6. The maximum absolute atomic E-state index is 11.8. The van der Waals surface area contributed by atoms with Crippen LogP contribution in [0.15, 0.2) is 0 Å². The summed E-state index contributed by atoms with van der Waals surface area (Å²) >= 11 is 0. The molecule has 0 aromatic rings. The van der Waals surface area contributed by atoms with Gasteiger partial charge in [-0.15, -0.1) is 0 Å². The van der Waals surface area contributed by atoms with E-state index in [1.165, 1.54) is 0 Å². The Labute approximate surface area is 133 Å². The molecule has 0 aromatic heterocycles. The van der Waals surface area contributed by atoms with Crippen molar-refractivity contribution >= 4 is 12.1 Å². The van der Waals surface area contributed by atoms with Gasteiger partial charge in [0.05, 0.1) is 0 Å². The van der Waals surface area contributed by atoms with E-state index < -0.39 is 23.7 Å². The Morgan fingerprint density at radius 3 is 2.09 bits per heavy atom. The fraction of sp³-hybridized carbons (Fsp3) is 0.882. The molecular formula is C17H31NO4. The Hall–Kier alpha value is -1.26. The molecule has 0 aromatic carbocycles. The molecule has 22 heavy (non-hydrogen) atoms. The molecule has 0 aliphatic heterocycles. The van der Waals surface area contributed by atoms with Gasteiger partial charge in [-0.05, 0) is 63.7 Å². The lowest BCUT2D eigenvalue weighted by Gasteiger charge is -2.39. The summed E-state index contributed by atoms with van der Waals surface area (Å²) in [5.74, 6) is 0.946. The Balaban J connectivity index is 2.68. The van der Waals surface area contributed by atoms with Gasteiger partial charge in [-0.1, -0.05) is 20.8 Å². The maximum atomic E-state index is 11.8. The number of ether oxygens (including phenoxy) is 1. The number of carboxylic acid groups (broad SMARTS) is 1. The molecule has 5 heteroatoms. The summed E-state index contributed by atoms with van der Waals surface area (Å²) in [5.41, 5.74) is -0.631. The van der Waals surface area contributed by atoms with Gasteiger partial charge in [0, 0.05) is 0 Å². The average molecular weight is 313 g/mol. The van der Waals surface area contributed by atoms with Crippen molar-refractivity contribution < 1.29 is 19.4 Å². The normalized spacial score (nSPS) is 30.5. The van der Waals surface area contributed by atoms with E-state index in [1.54, 1.807) is 20.8 Å². The van der Waals surface area contributed by atoms with Gasteiger partial charge in [0.1, 0.15) is 11.6 Å². The molecule has 3 unspecified atom stereocenters. The SMILES string of the molecule is CC1CC(C)C(CC(NC(=O)OC(C)(C)C)C(=O)O)C(C)C1. The molecule has 1 amide bonds. The zero-order chi connectivity index (χ0) is 17.1. The number of aliphatic carboxylic acids is 1. The van der Waals surface area contributed by atoms with Gasteiger partial charge >= 0.3 is 12.1 Å². The third kappa shape index (κ3) is 5.85. The van der Waals surface area contributed by atoms with Crippen LogP contribution in [-0.2, 0) is 9.53 Å². The van der Waals surface area contributed by atoms with Gasteiger partial charge in [0.15, 0.2) is 0 Å². The summed E-state index contributed by atoms with van der Waals surface area (Å²) in [6.45, 7) is 11.9. The van der Waals surface area contributed by atoms with E-state index in [1.807, 2.05) is 0 Å². The summed E-state index contributed by atoms with van der Waals surface area (Å²) in [7, 11) is 0. The van der Waals surface area contributed by atoms with E-state index in [2.05, 4.69) is 26.1 Å². The zero-order valence-electron chi connectivity index (χ0n) is 14.7. The highest BCUT2D eigenvalue weighted by Crippen LogP contribution is 2.40. The quantitative estimate of drug-likeness (QED) is 0.830. The van der Waals surface area contributed by atoms with E-state index >= 15 is 0 Å². The van der Waals surface area contributed by atoms with E-state index in [9.17, 15) is 14.7 Å². The van der Waals surface area contributed by atoms with Crippen LogP contribution >= 0.6 is 0 Å². The molecule has 0 saturated heterocycles. The number of nitrogens with one attached hydrogen (secondary N) is 1. The minimum absolute atomic E-state index is 0.312. The molecule has 0 bridgehead atoms. The van der Waals surface area contributed by atoms with Crippen LogP contribution in [0.1, 0.15) is 60.8 Å². The van der Waals surface area contributed by atoms with Gasteiger partial charge in [-0.3, -0.25) is 0 Å². The third-order valence-electron chi connectivity index (χ3n) is 4.51. The number of carbonyl (C=O) groups is 2. The molecule has 1 saturated carbocycles. The number of hydrogen-bond donors (Lipinski definition) is 2. The fourth-order valence-electron chi connectivity index (χ4n) is 3.68. The predicted molar refractivity (Wildman–Crippen MR) is 85.6 cm³/mol. The molecule has 1 fully saturated rings.